The van der Waals surface area contributed by atoms with Gasteiger partial charge in [-0.15, -0.1) is 0 Å². The first-order valence-electron chi connectivity index (χ1n) is 7.27. The summed E-state index contributed by atoms with van der Waals surface area (Å²) in [5.74, 6) is -0.314. The van der Waals surface area contributed by atoms with Gasteiger partial charge in [-0.2, -0.15) is 0 Å². The quantitative estimate of drug-likeness (QED) is 0.633. The van der Waals surface area contributed by atoms with Crippen LogP contribution in [0.15, 0.2) is 18.3 Å². The van der Waals surface area contributed by atoms with Crippen LogP contribution in [0.1, 0.15) is 54.5 Å². The zero-order valence-corrected chi connectivity index (χ0v) is 13.0. The summed E-state index contributed by atoms with van der Waals surface area (Å²) < 4.78 is 5.34. The molecule has 0 aliphatic carbocycles. The van der Waals surface area contributed by atoms with Crippen molar-refractivity contribution in [1.82, 2.24) is 9.88 Å². The topological polar surface area (TPSA) is 76.6 Å². The molecule has 6 heteroatoms. The molecule has 2 rings (SSSR count). The van der Waals surface area contributed by atoms with Gasteiger partial charge in [0.05, 0.1) is 0 Å². The first kappa shape index (κ1) is 16.1. The van der Waals surface area contributed by atoms with Crippen molar-refractivity contribution in [3.8, 4) is 0 Å². The molecule has 118 valence electrons. The lowest BCUT2D eigenvalue weighted by Gasteiger charge is -2.27. The molecule has 0 unspecified atom stereocenters. The second-order valence-corrected chi connectivity index (χ2v) is 6.26. The Morgan fingerprint density at radius 2 is 2.14 bits per heavy atom. The van der Waals surface area contributed by atoms with Crippen LogP contribution in [-0.2, 0) is 4.74 Å². The fourth-order valence-electron chi connectivity index (χ4n) is 2.45. The van der Waals surface area contributed by atoms with Crippen molar-refractivity contribution in [1.29, 1.82) is 0 Å². The number of aromatic nitrogens is 1. The van der Waals surface area contributed by atoms with Gasteiger partial charge in [-0.3, -0.25) is 19.5 Å². The Morgan fingerprint density at radius 3 is 2.77 bits per heavy atom. The molecule has 1 aliphatic rings. The number of ketones is 1. The van der Waals surface area contributed by atoms with E-state index in [1.807, 2.05) is 0 Å². The molecule has 0 saturated carbocycles. The van der Waals surface area contributed by atoms with Gasteiger partial charge < -0.3 is 4.74 Å². The predicted octanol–water partition coefficient (Wildman–Crippen LogP) is 2.48. The predicted molar refractivity (Wildman–Crippen MR) is 79.9 cm³/mol. The van der Waals surface area contributed by atoms with E-state index in [0.29, 0.717) is 19.3 Å². The summed E-state index contributed by atoms with van der Waals surface area (Å²) in [7, 11) is 0. The number of ether oxygens (including phenoxy) is 1. The minimum absolute atomic E-state index is 0.109. The first-order chi connectivity index (χ1) is 10.3. The molecule has 1 atom stereocenters. The molecule has 0 N–H and O–H groups in total. The molecule has 1 aromatic rings. The van der Waals surface area contributed by atoms with Crippen LogP contribution in [0.5, 0.6) is 0 Å². The van der Waals surface area contributed by atoms with E-state index in [-0.39, 0.29) is 17.0 Å². The van der Waals surface area contributed by atoms with Crippen molar-refractivity contribution in [3.63, 3.8) is 0 Å². The fourth-order valence-corrected chi connectivity index (χ4v) is 2.45. The van der Waals surface area contributed by atoms with Crippen molar-refractivity contribution >= 4 is 18.2 Å². The summed E-state index contributed by atoms with van der Waals surface area (Å²) in [5.41, 5.74) is -0.270. The van der Waals surface area contributed by atoms with Gasteiger partial charge in [0.2, 0.25) is 5.78 Å². The lowest BCUT2D eigenvalue weighted by atomic mass is 10.0. The maximum absolute atomic E-state index is 12.6. The van der Waals surface area contributed by atoms with E-state index in [1.54, 1.807) is 32.9 Å². The molecule has 1 saturated heterocycles. The molecule has 2 heterocycles. The number of likely N-dealkylation sites (tertiary alicyclic amines) is 1. The van der Waals surface area contributed by atoms with E-state index in [1.165, 1.54) is 11.1 Å². The Bertz CT molecular complexity index is 592. The van der Waals surface area contributed by atoms with Crippen molar-refractivity contribution in [2.45, 2.75) is 45.3 Å². The van der Waals surface area contributed by atoms with E-state index in [0.717, 1.165) is 6.42 Å². The van der Waals surface area contributed by atoms with Gasteiger partial charge >= 0.3 is 6.09 Å². The summed E-state index contributed by atoms with van der Waals surface area (Å²) in [4.78, 5) is 41.3. The third-order valence-corrected chi connectivity index (χ3v) is 3.38. The SMILES string of the molecule is CC(C)(C)OC(=O)N1CCC[C@H]1C(=O)c1ncccc1C=O. The minimum atomic E-state index is -0.622. The van der Waals surface area contributed by atoms with Gasteiger partial charge in [-0.25, -0.2) is 4.79 Å². The maximum Gasteiger partial charge on any atom is 0.410 e. The molecular formula is C16H20N2O4. The van der Waals surface area contributed by atoms with Crippen LogP contribution in [0, 0.1) is 0 Å². The third kappa shape index (κ3) is 3.50. The molecule has 0 aromatic carbocycles. The Labute approximate surface area is 129 Å². The van der Waals surface area contributed by atoms with Gasteiger partial charge in [0, 0.05) is 18.3 Å². The smallest absolute Gasteiger partial charge is 0.410 e. The van der Waals surface area contributed by atoms with Gasteiger partial charge in [0.25, 0.3) is 0 Å². The molecular weight excluding hydrogens is 284 g/mol. The van der Waals surface area contributed by atoms with E-state index in [4.69, 9.17) is 4.74 Å². The van der Waals surface area contributed by atoms with Crippen molar-refractivity contribution in [2.75, 3.05) is 6.54 Å². The van der Waals surface area contributed by atoms with E-state index >= 15 is 0 Å². The number of Topliss-reactive ketones (excluding diaryl/α,β-unsaturated/α-hetero) is 1. The lowest BCUT2D eigenvalue weighted by molar-refractivity contribution is 0.0222. The number of rotatable bonds is 3. The molecule has 6 nitrogen and oxygen atoms in total. The summed E-state index contributed by atoms with van der Waals surface area (Å²) >= 11 is 0. The van der Waals surface area contributed by atoms with Crippen LogP contribution in [0.2, 0.25) is 0 Å². The van der Waals surface area contributed by atoms with E-state index < -0.39 is 17.7 Å². The van der Waals surface area contributed by atoms with E-state index in [2.05, 4.69) is 4.98 Å². The average Bonchev–Trinajstić information content (AvgIpc) is 2.94. The van der Waals surface area contributed by atoms with Crippen LogP contribution in [-0.4, -0.2) is 46.2 Å². The monoisotopic (exact) mass is 304 g/mol. The lowest BCUT2D eigenvalue weighted by Crippen LogP contribution is -2.43. The van der Waals surface area contributed by atoms with Crippen LogP contribution < -0.4 is 0 Å². The van der Waals surface area contributed by atoms with Crippen LogP contribution in [0.3, 0.4) is 0 Å². The maximum atomic E-state index is 12.6. The number of hydrogen-bond donors (Lipinski definition) is 0. The Balaban J connectivity index is 2.21. The number of pyridine rings is 1. The minimum Gasteiger partial charge on any atom is -0.444 e. The second-order valence-electron chi connectivity index (χ2n) is 6.26. The molecule has 22 heavy (non-hydrogen) atoms. The Hall–Kier alpha value is -2.24. The van der Waals surface area contributed by atoms with Gasteiger partial charge in [0.1, 0.15) is 17.3 Å². The van der Waals surface area contributed by atoms with Crippen LogP contribution >= 0.6 is 0 Å². The van der Waals surface area contributed by atoms with Crippen molar-refractivity contribution in [2.24, 2.45) is 0 Å². The standard InChI is InChI=1S/C16H20N2O4/c1-16(2,3)22-15(21)18-9-5-7-12(18)14(20)13-11(10-19)6-4-8-17-13/h4,6,8,10,12H,5,7,9H2,1-3H3/t12-/m0/s1. The van der Waals surface area contributed by atoms with Crippen LogP contribution in [0.25, 0.3) is 0 Å². The highest BCUT2D eigenvalue weighted by atomic mass is 16.6. The summed E-state index contributed by atoms with van der Waals surface area (Å²) in [5, 5.41) is 0. The number of aldehydes is 1. The zero-order chi connectivity index (χ0) is 16.3. The molecule has 0 radical (unpaired) electrons. The molecule has 0 spiro atoms. The normalized spacial score (nSPS) is 18.1. The largest absolute Gasteiger partial charge is 0.444 e. The van der Waals surface area contributed by atoms with Crippen LogP contribution in [0.4, 0.5) is 4.79 Å². The zero-order valence-electron chi connectivity index (χ0n) is 13.0. The van der Waals surface area contributed by atoms with Gasteiger partial charge in [-0.05, 0) is 45.7 Å². The summed E-state index contributed by atoms with van der Waals surface area (Å²) in [6.07, 6.45) is 2.83. The second kappa shape index (κ2) is 6.25. The van der Waals surface area contributed by atoms with Gasteiger partial charge in [-0.1, -0.05) is 0 Å². The third-order valence-electron chi connectivity index (χ3n) is 3.38. The molecule has 1 fully saturated rings. The number of nitrogens with zero attached hydrogens (tertiary/aromatic N) is 2. The fraction of sp³-hybridized carbons (Fsp3) is 0.500. The summed E-state index contributed by atoms with van der Waals surface area (Å²) in [6, 6.07) is 2.52. The molecule has 1 aromatic heterocycles. The number of carbonyl (C=O) groups is 3. The Morgan fingerprint density at radius 1 is 1.41 bits per heavy atom. The number of carbonyl (C=O) groups excluding carboxylic acids is 3. The number of hydrogen-bond acceptors (Lipinski definition) is 5. The molecule has 1 amide bonds. The average molecular weight is 304 g/mol. The highest BCUT2D eigenvalue weighted by Gasteiger charge is 2.38. The number of amides is 1. The molecule has 1 aliphatic heterocycles. The van der Waals surface area contributed by atoms with Crippen molar-refractivity contribution < 1.29 is 19.1 Å². The Kier molecular flexibility index (Phi) is 4.59. The van der Waals surface area contributed by atoms with Crippen molar-refractivity contribution in [3.05, 3.63) is 29.6 Å². The molecule has 0 bridgehead atoms. The summed E-state index contributed by atoms with van der Waals surface area (Å²) in [6.45, 7) is 5.80. The highest BCUT2D eigenvalue weighted by Crippen LogP contribution is 2.24. The first-order valence-corrected chi connectivity index (χ1v) is 7.27. The highest BCUT2D eigenvalue weighted by molar-refractivity contribution is 6.05. The van der Waals surface area contributed by atoms with E-state index in [9.17, 15) is 14.4 Å². The van der Waals surface area contributed by atoms with Gasteiger partial charge in [0.15, 0.2) is 6.29 Å².